The summed E-state index contributed by atoms with van der Waals surface area (Å²) < 4.78 is 6.44. The van der Waals surface area contributed by atoms with Crippen LogP contribution in [0, 0.1) is 0 Å². The van der Waals surface area contributed by atoms with Gasteiger partial charge in [-0.15, -0.1) is 0 Å². The van der Waals surface area contributed by atoms with Crippen LogP contribution >= 0.6 is 0 Å². The Labute approximate surface area is 195 Å². The normalized spacial score (nSPS) is 12.0. The lowest BCUT2D eigenvalue weighted by Gasteiger charge is -2.18. The number of aromatic amines is 1. The second-order valence-electron chi connectivity index (χ2n) is 8.40. The maximum Gasteiger partial charge on any atom is 0.156 e. The van der Waals surface area contributed by atoms with Crippen LogP contribution in [0.5, 0.6) is 5.75 Å². The number of unbranched alkanes of at least 4 members (excludes halogenated alkanes) is 2. The Hall–Kier alpha value is -3.47. The number of benzene rings is 2. The van der Waals surface area contributed by atoms with Crippen molar-refractivity contribution in [2.24, 2.45) is 0 Å². The van der Waals surface area contributed by atoms with E-state index >= 15 is 0 Å². The Balaban J connectivity index is 1.46. The minimum Gasteiger partial charge on any atom is -0.483 e. The number of ether oxygens (including phenoxy) is 1. The van der Waals surface area contributed by atoms with Crippen molar-refractivity contribution in [2.75, 3.05) is 0 Å². The maximum absolute atomic E-state index is 11.6. The van der Waals surface area contributed by atoms with Crippen molar-refractivity contribution in [3.05, 3.63) is 90.3 Å². The molecule has 5 nitrogen and oxygen atoms in total. The van der Waals surface area contributed by atoms with Gasteiger partial charge in [-0.3, -0.25) is 9.78 Å². The predicted molar refractivity (Wildman–Crippen MR) is 131 cm³/mol. The van der Waals surface area contributed by atoms with Crippen molar-refractivity contribution in [3.8, 4) is 5.75 Å². The first kappa shape index (κ1) is 22.7. The summed E-state index contributed by atoms with van der Waals surface area (Å²) in [5, 5.41) is 2.35. The van der Waals surface area contributed by atoms with Crippen LogP contribution in [0.1, 0.15) is 68.8 Å². The first-order chi connectivity index (χ1) is 16.2. The molecule has 33 heavy (non-hydrogen) atoms. The number of hydrogen-bond acceptors (Lipinski definition) is 4. The number of fused-ring (bicyclic) bond motifs is 1. The van der Waals surface area contributed by atoms with E-state index in [4.69, 9.17) is 4.74 Å². The number of Topliss-reactive ketones (excluding diaryl/α,β-unsaturated/α-hetero) is 1. The van der Waals surface area contributed by atoms with Crippen molar-refractivity contribution >= 4 is 16.6 Å². The van der Waals surface area contributed by atoms with Crippen molar-refractivity contribution in [1.82, 2.24) is 15.0 Å². The molecule has 1 N–H and O–H groups in total. The Morgan fingerprint density at radius 2 is 1.82 bits per heavy atom. The van der Waals surface area contributed by atoms with Crippen LogP contribution in [0.3, 0.4) is 0 Å². The molecule has 170 valence electrons. The molecule has 0 aliphatic carbocycles. The lowest BCUT2D eigenvalue weighted by molar-refractivity contribution is -0.118. The van der Waals surface area contributed by atoms with Gasteiger partial charge in [-0.1, -0.05) is 49.7 Å². The summed E-state index contributed by atoms with van der Waals surface area (Å²) in [6.45, 7) is 1.93. The second kappa shape index (κ2) is 11.4. The number of aromatic nitrogens is 3. The van der Waals surface area contributed by atoms with Gasteiger partial charge >= 0.3 is 0 Å². The van der Waals surface area contributed by atoms with E-state index in [1.165, 1.54) is 5.39 Å². The monoisotopic (exact) mass is 441 g/mol. The minimum atomic E-state index is -0.175. The number of hydrogen-bond donors (Lipinski definition) is 1. The lowest BCUT2D eigenvalue weighted by atomic mass is 10.1. The van der Waals surface area contributed by atoms with Crippen LogP contribution in [0.25, 0.3) is 10.8 Å². The van der Waals surface area contributed by atoms with E-state index in [1.54, 1.807) is 0 Å². The summed E-state index contributed by atoms with van der Waals surface area (Å²) >= 11 is 0. The molecule has 0 aliphatic heterocycles. The molecule has 0 bridgehead atoms. The average Bonchev–Trinajstić information content (AvgIpc) is 3.31. The van der Waals surface area contributed by atoms with Gasteiger partial charge in [-0.2, -0.15) is 0 Å². The van der Waals surface area contributed by atoms with E-state index in [0.29, 0.717) is 25.0 Å². The fraction of sp³-hybridized carbons (Fsp3) is 0.321. The standard InChI is InChI=1S/C28H31N3O2/c1-2-25(32)13-4-3-5-14-27(33-26-16-15-21-10-6-7-11-22(21)18-26)28-30-20-24(31-28)19-23-12-8-9-17-29-23/h6-12,15-18,20,27H,2-5,13-14,19H2,1H3,(H,30,31). The molecule has 0 spiro atoms. The molecular formula is C28H31N3O2. The van der Waals surface area contributed by atoms with Crippen molar-refractivity contribution in [3.63, 3.8) is 0 Å². The van der Waals surface area contributed by atoms with Gasteiger partial charge in [0.05, 0.1) is 0 Å². The summed E-state index contributed by atoms with van der Waals surface area (Å²) in [4.78, 5) is 24.1. The molecule has 0 fully saturated rings. The fourth-order valence-corrected chi connectivity index (χ4v) is 3.99. The summed E-state index contributed by atoms with van der Waals surface area (Å²) in [5.41, 5.74) is 2.02. The fourth-order valence-electron chi connectivity index (χ4n) is 3.99. The van der Waals surface area contributed by atoms with Crippen LogP contribution in [0.15, 0.2) is 73.1 Å². The van der Waals surface area contributed by atoms with Gasteiger partial charge in [0.2, 0.25) is 0 Å². The van der Waals surface area contributed by atoms with E-state index in [1.807, 2.05) is 55.7 Å². The minimum absolute atomic E-state index is 0.175. The van der Waals surface area contributed by atoms with Gasteiger partial charge in [0.15, 0.2) is 6.10 Å². The van der Waals surface area contributed by atoms with Gasteiger partial charge in [0, 0.05) is 43.0 Å². The molecular weight excluding hydrogens is 410 g/mol. The average molecular weight is 442 g/mol. The predicted octanol–water partition coefficient (Wildman–Crippen LogP) is 6.60. The molecule has 0 aliphatic rings. The Kier molecular flexibility index (Phi) is 7.85. The highest BCUT2D eigenvalue weighted by Crippen LogP contribution is 2.28. The van der Waals surface area contributed by atoms with E-state index in [0.717, 1.165) is 54.0 Å². The molecule has 5 heteroatoms. The van der Waals surface area contributed by atoms with Crippen molar-refractivity contribution < 1.29 is 9.53 Å². The third kappa shape index (κ3) is 6.51. The lowest BCUT2D eigenvalue weighted by Crippen LogP contribution is -2.10. The summed E-state index contributed by atoms with van der Waals surface area (Å²) in [6.07, 6.45) is 9.25. The zero-order chi connectivity index (χ0) is 22.9. The molecule has 1 atom stereocenters. The zero-order valence-electron chi connectivity index (χ0n) is 19.2. The SMILES string of the molecule is CCC(=O)CCCCCC(Oc1ccc2ccccc2c1)c1ncc(Cc2ccccn2)[nH]1. The Morgan fingerprint density at radius 3 is 2.64 bits per heavy atom. The van der Waals surface area contributed by atoms with Gasteiger partial charge in [-0.05, 0) is 54.3 Å². The number of imidazole rings is 1. The third-order valence-corrected chi connectivity index (χ3v) is 5.87. The first-order valence-electron chi connectivity index (χ1n) is 11.8. The van der Waals surface area contributed by atoms with Gasteiger partial charge in [0.1, 0.15) is 17.4 Å². The molecule has 0 saturated carbocycles. The van der Waals surface area contributed by atoms with E-state index in [9.17, 15) is 4.79 Å². The number of nitrogens with zero attached hydrogens (tertiary/aromatic N) is 2. The Morgan fingerprint density at radius 1 is 0.970 bits per heavy atom. The smallest absolute Gasteiger partial charge is 0.156 e. The zero-order valence-corrected chi connectivity index (χ0v) is 19.2. The highest BCUT2D eigenvalue weighted by Gasteiger charge is 2.18. The molecule has 4 rings (SSSR count). The summed E-state index contributed by atoms with van der Waals surface area (Å²) in [7, 11) is 0. The third-order valence-electron chi connectivity index (χ3n) is 5.87. The summed E-state index contributed by atoms with van der Waals surface area (Å²) in [6, 6.07) is 20.4. The highest BCUT2D eigenvalue weighted by atomic mass is 16.5. The van der Waals surface area contributed by atoms with E-state index < -0.39 is 0 Å². The number of carbonyl (C=O) groups is 1. The molecule has 4 aromatic rings. The molecule has 0 saturated heterocycles. The number of H-pyrrole nitrogens is 1. The molecule has 2 aromatic heterocycles. The van der Waals surface area contributed by atoms with E-state index in [-0.39, 0.29) is 6.10 Å². The largest absolute Gasteiger partial charge is 0.483 e. The van der Waals surface area contributed by atoms with E-state index in [2.05, 4.69) is 39.2 Å². The van der Waals surface area contributed by atoms with Crippen molar-refractivity contribution in [2.45, 2.75) is 58.0 Å². The molecule has 2 heterocycles. The van der Waals surface area contributed by atoms with Gasteiger partial charge in [-0.25, -0.2) is 4.98 Å². The molecule has 2 aromatic carbocycles. The van der Waals surface area contributed by atoms with Gasteiger partial charge in [0.25, 0.3) is 0 Å². The van der Waals surface area contributed by atoms with Crippen LogP contribution < -0.4 is 4.74 Å². The van der Waals surface area contributed by atoms with Crippen LogP contribution in [0.4, 0.5) is 0 Å². The molecule has 1 unspecified atom stereocenters. The number of carbonyl (C=O) groups excluding carboxylic acids is 1. The van der Waals surface area contributed by atoms with Crippen LogP contribution in [-0.4, -0.2) is 20.7 Å². The maximum atomic E-state index is 11.6. The Bertz CT molecular complexity index is 1170. The van der Waals surface area contributed by atoms with Gasteiger partial charge < -0.3 is 9.72 Å². The number of nitrogens with one attached hydrogen (secondary N) is 1. The first-order valence-corrected chi connectivity index (χ1v) is 11.8. The number of rotatable bonds is 12. The van der Waals surface area contributed by atoms with Crippen molar-refractivity contribution in [1.29, 1.82) is 0 Å². The van der Waals surface area contributed by atoms with Crippen LogP contribution in [0.2, 0.25) is 0 Å². The molecule has 0 amide bonds. The highest BCUT2D eigenvalue weighted by molar-refractivity contribution is 5.83. The second-order valence-corrected chi connectivity index (χ2v) is 8.40. The molecule has 0 radical (unpaired) electrons. The topological polar surface area (TPSA) is 67.9 Å². The quantitative estimate of drug-likeness (QED) is 0.252. The number of pyridine rings is 1. The number of ketones is 1. The van der Waals surface area contributed by atoms with Crippen LogP contribution in [-0.2, 0) is 11.2 Å². The summed E-state index contributed by atoms with van der Waals surface area (Å²) in [5.74, 6) is 2.01.